The molecule has 0 spiro atoms. The molecule has 2 rings (SSSR count). The van der Waals surface area contributed by atoms with E-state index in [0.29, 0.717) is 5.82 Å². The van der Waals surface area contributed by atoms with Gasteiger partial charge in [0.2, 0.25) is 0 Å². The van der Waals surface area contributed by atoms with Crippen LogP contribution in [0.2, 0.25) is 0 Å². The molecule has 0 aliphatic heterocycles. The number of guanidine groups is 1. The first-order chi connectivity index (χ1) is 8.15. The van der Waals surface area contributed by atoms with Crippen LogP contribution in [-0.4, -0.2) is 21.0 Å². The average molecular weight is 234 g/mol. The first-order valence-electron chi connectivity index (χ1n) is 4.81. The van der Waals surface area contributed by atoms with Crippen molar-refractivity contribution in [2.45, 2.75) is 6.54 Å². The third kappa shape index (κ3) is 2.68. The number of hydrogen-bond donors (Lipinski definition) is 3. The number of nitrogens with two attached hydrogens (primary N) is 1. The smallest absolute Gasteiger partial charge is 0.266 e. The molecule has 4 N–H and O–H groups in total. The number of nitrogens with one attached hydrogen (secondary N) is 2. The van der Waals surface area contributed by atoms with Crippen molar-refractivity contribution >= 4 is 17.0 Å². The van der Waals surface area contributed by atoms with Crippen LogP contribution >= 0.6 is 0 Å². The van der Waals surface area contributed by atoms with Gasteiger partial charge in [-0.2, -0.15) is 0 Å². The Balaban J connectivity index is 2.06. The van der Waals surface area contributed by atoms with Crippen LogP contribution in [0.3, 0.4) is 0 Å². The zero-order valence-electron chi connectivity index (χ0n) is 8.75. The molecule has 2 aromatic rings. The number of imidazole rings is 1. The molecule has 8 nitrogen and oxygen atoms in total. The Kier molecular flexibility index (Phi) is 2.86. The van der Waals surface area contributed by atoms with E-state index < -0.39 is 5.03 Å². The highest BCUT2D eigenvalue weighted by molar-refractivity contribution is 5.77. The van der Waals surface area contributed by atoms with Crippen molar-refractivity contribution < 1.29 is 5.03 Å². The van der Waals surface area contributed by atoms with Crippen molar-refractivity contribution in [3.63, 3.8) is 0 Å². The molecule has 0 saturated heterocycles. The Morgan fingerprint density at radius 2 is 2.35 bits per heavy atom. The average Bonchev–Trinajstić information content (AvgIpc) is 2.68. The summed E-state index contributed by atoms with van der Waals surface area (Å²) in [6.45, 7) is 0.248. The first kappa shape index (κ1) is 10.9. The summed E-state index contributed by atoms with van der Waals surface area (Å²) in [6, 6.07) is 7.52. The number of H-pyrrole nitrogens is 1. The third-order valence-electron chi connectivity index (χ3n) is 2.06. The van der Waals surface area contributed by atoms with Crippen molar-refractivity contribution in [2.24, 2.45) is 10.8 Å². The molecule has 0 aliphatic carbocycles. The molecule has 0 bridgehead atoms. The normalized spacial score (nSPS) is 11.6. The SMILES string of the molecule is N/C(=N\[N+](=O)[O-])NCc1nc2ccccc2[nH]1. The van der Waals surface area contributed by atoms with E-state index in [-0.39, 0.29) is 12.5 Å². The van der Waals surface area contributed by atoms with Crippen molar-refractivity contribution in [3.05, 3.63) is 40.2 Å². The summed E-state index contributed by atoms with van der Waals surface area (Å²) in [5.41, 5.74) is 7.00. The zero-order chi connectivity index (χ0) is 12.3. The summed E-state index contributed by atoms with van der Waals surface area (Å²) in [7, 11) is 0. The molecule has 0 atom stereocenters. The number of fused-ring (bicyclic) bond motifs is 1. The van der Waals surface area contributed by atoms with Crippen LogP contribution in [0.5, 0.6) is 0 Å². The van der Waals surface area contributed by atoms with Gasteiger partial charge in [-0.05, 0) is 12.1 Å². The second kappa shape index (κ2) is 4.47. The molecule has 17 heavy (non-hydrogen) atoms. The van der Waals surface area contributed by atoms with E-state index in [1.54, 1.807) is 0 Å². The number of aromatic nitrogens is 2. The third-order valence-corrected chi connectivity index (χ3v) is 2.06. The van der Waals surface area contributed by atoms with Gasteiger partial charge in [-0.25, -0.2) is 15.1 Å². The molecule has 1 aromatic heterocycles. The molecule has 0 amide bonds. The zero-order valence-corrected chi connectivity index (χ0v) is 8.75. The van der Waals surface area contributed by atoms with E-state index in [0.717, 1.165) is 11.0 Å². The standard InChI is InChI=1S/C9H10N6O2/c10-9(14-15(16)17)11-5-8-12-6-3-1-2-4-7(6)13-8/h1-4H,5H2,(H,12,13)(H3,10,11,14). The largest absolute Gasteiger partial charge is 0.365 e. The molecule has 0 aliphatic rings. The second-order valence-corrected chi connectivity index (χ2v) is 3.28. The number of rotatable bonds is 3. The van der Waals surface area contributed by atoms with Gasteiger partial charge >= 0.3 is 0 Å². The minimum atomic E-state index is -0.860. The number of hydrogen-bond acceptors (Lipinski definition) is 3. The molecule has 8 heteroatoms. The maximum absolute atomic E-state index is 10.0. The van der Waals surface area contributed by atoms with Crippen molar-refractivity contribution in [3.8, 4) is 0 Å². The molecule has 1 heterocycles. The van der Waals surface area contributed by atoms with Crippen molar-refractivity contribution in [1.82, 2.24) is 15.3 Å². The fraction of sp³-hybridized carbons (Fsp3) is 0.111. The van der Waals surface area contributed by atoms with Crippen LogP contribution < -0.4 is 11.1 Å². The van der Waals surface area contributed by atoms with Gasteiger partial charge in [0.15, 0.2) is 5.03 Å². The molecular formula is C9H10N6O2. The summed E-state index contributed by atoms with van der Waals surface area (Å²) < 4.78 is 0. The fourth-order valence-corrected chi connectivity index (χ4v) is 1.39. The van der Waals surface area contributed by atoms with E-state index in [1.165, 1.54) is 0 Å². The number of para-hydroxylation sites is 2. The molecule has 88 valence electrons. The maximum atomic E-state index is 10.0. The number of hydrazone groups is 1. The van der Waals surface area contributed by atoms with Gasteiger partial charge in [-0.1, -0.05) is 12.1 Å². The Bertz CT molecular complexity index is 543. The maximum Gasteiger partial charge on any atom is 0.266 e. The van der Waals surface area contributed by atoms with Gasteiger partial charge in [0.05, 0.1) is 17.6 Å². The monoisotopic (exact) mass is 234 g/mol. The van der Waals surface area contributed by atoms with Crippen molar-refractivity contribution in [1.29, 1.82) is 0 Å². The predicted molar refractivity (Wildman–Crippen MR) is 61.6 cm³/mol. The van der Waals surface area contributed by atoms with E-state index in [4.69, 9.17) is 5.73 Å². The minimum absolute atomic E-state index is 0.248. The number of aromatic amines is 1. The van der Waals surface area contributed by atoms with E-state index in [2.05, 4.69) is 20.4 Å². The lowest BCUT2D eigenvalue weighted by Gasteiger charge is -1.98. The van der Waals surface area contributed by atoms with E-state index >= 15 is 0 Å². The Labute approximate surface area is 95.7 Å². The van der Waals surface area contributed by atoms with Crippen molar-refractivity contribution in [2.75, 3.05) is 0 Å². The Hall–Kier alpha value is -2.64. The number of benzene rings is 1. The second-order valence-electron chi connectivity index (χ2n) is 3.28. The highest BCUT2D eigenvalue weighted by atomic mass is 16.7. The van der Waals surface area contributed by atoms with Crippen LogP contribution in [0.15, 0.2) is 29.4 Å². The summed E-state index contributed by atoms with van der Waals surface area (Å²) in [4.78, 5) is 17.4. The Morgan fingerprint density at radius 3 is 3.06 bits per heavy atom. The van der Waals surface area contributed by atoms with Gasteiger partial charge in [-0.3, -0.25) is 0 Å². The van der Waals surface area contributed by atoms with Crippen LogP contribution in [-0.2, 0) is 6.54 Å². The lowest BCUT2D eigenvalue weighted by atomic mass is 10.3. The summed E-state index contributed by atoms with van der Waals surface area (Å²) in [6.07, 6.45) is 0. The Morgan fingerprint density at radius 1 is 1.59 bits per heavy atom. The fourth-order valence-electron chi connectivity index (χ4n) is 1.39. The molecule has 0 fully saturated rings. The number of nitro groups is 1. The topological polar surface area (TPSA) is 122 Å². The summed E-state index contributed by atoms with van der Waals surface area (Å²) >= 11 is 0. The molecule has 0 unspecified atom stereocenters. The van der Waals surface area contributed by atoms with Gasteiger partial charge in [-0.15, -0.1) is 0 Å². The van der Waals surface area contributed by atoms with Crippen LogP contribution in [0, 0.1) is 10.1 Å². The van der Waals surface area contributed by atoms with Gasteiger partial charge < -0.3 is 16.0 Å². The lowest BCUT2D eigenvalue weighted by molar-refractivity contribution is -0.485. The first-order valence-corrected chi connectivity index (χ1v) is 4.81. The molecule has 1 aromatic carbocycles. The van der Waals surface area contributed by atoms with Crippen LogP contribution in [0.1, 0.15) is 5.82 Å². The summed E-state index contributed by atoms with van der Waals surface area (Å²) in [5, 5.41) is 14.7. The van der Waals surface area contributed by atoms with Gasteiger partial charge in [0.1, 0.15) is 10.9 Å². The summed E-state index contributed by atoms with van der Waals surface area (Å²) in [5.74, 6) is 0.378. The molecule has 0 saturated carbocycles. The van der Waals surface area contributed by atoms with E-state index in [9.17, 15) is 10.1 Å². The number of nitrogens with zero attached hydrogens (tertiary/aromatic N) is 3. The minimum Gasteiger partial charge on any atom is -0.365 e. The van der Waals surface area contributed by atoms with Gasteiger partial charge in [0.25, 0.3) is 5.96 Å². The lowest BCUT2D eigenvalue weighted by Crippen LogP contribution is -2.32. The highest BCUT2D eigenvalue weighted by Gasteiger charge is 2.03. The predicted octanol–water partition coefficient (Wildman–Crippen LogP) is 0.159. The molecular weight excluding hydrogens is 224 g/mol. The van der Waals surface area contributed by atoms with Gasteiger partial charge in [0, 0.05) is 0 Å². The highest BCUT2D eigenvalue weighted by Crippen LogP contribution is 2.09. The van der Waals surface area contributed by atoms with Crippen LogP contribution in [0.4, 0.5) is 0 Å². The quantitative estimate of drug-likeness (QED) is 0.302. The molecule has 0 radical (unpaired) electrons. The van der Waals surface area contributed by atoms with E-state index in [1.807, 2.05) is 24.3 Å². The van der Waals surface area contributed by atoms with Crippen LogP contribution in [0.25, 0.3) is 11.0 Å².